The third kappa shape index (κ3) is 2.77. The molecule has 1 heteroatoms. The van der Waals surface area contributed by atoms with Gasteiger partial charge in [0.1, 0.15) is 0 Å². The zero-order chi connectivity index (χ0) is 13.6. The Morgan fingerprint density at radius 2 is 1.67 bits per heavy atom. The smallest absolute Gasteiger partial charge is 0.00982 e. The van der Waals surface area contributed by atoms with Gasteiger partial charge in [-0.05, 0) is 44.0 Å². The van der Waals surface area contributed by atoms with E-state index in [4.69, 9.17) is 0 Å². The fourth-order valence-electron chi connectivity index (χ4n) is 3.27. The predicted molar refractivity (Wildman–Crippen MR) is 81.3 cm³/mol. The molecule has 1 saturated heterocycles. The van der Waals surface area contributed by atoms with Crippen LogP contribution < -0.4 is 0 Å². The number of likely N-dealkylation sites (N-methyl/N-ethyl adjacent to an activating group) is 1. The first-order valence-electron chi connectivity index (χ1n) is 7.57. The van der Waals surface area contributed by atoms with Crippen molar-refractivity contribution in [1.29, 1.82) is 0 Å². The van der Waals surface area contributed by atoms with Gasteiger partial charge >= 0.3 is 0 Å². The SMILES string of the molecule is CC.CC.CN1CCC2(CCc3ccccc32)C1. The molecule has 102 valence electrons. The zero-order valence-corrected chi connectivity index (χ0v) is 12.8. The number of rotatable bonds is 0. The van der Waals surface area contributed by atoms with Gasteiger partial charge in [-0.1, -0.05) is 52.0 Å². The average Bonchev–Trinajstić information content (AvgIpc) is 3.00. The lowest BCUT2D eigenvalue weighted by Crippen LogP contribution is -2.26. The maximum Gasteiger partial charge on any atom is 0.00982 e. The summed E-state index contributed by atoms with van der Waals surface area (Å²) >= 11 is 0. The van der Waals surface area contributed by atoms with Crippen molar-refractivity contribution < 1.29 is 0 Å². The van der Waals surface area contributed by atoms with E-state index in [1.165, 1.54) is 32.4 Å². The maximum absolute atomic E-state index is 2.47. The second-order valence-corrected chi connectivity index (χ2v) is 4.93. The molecule has 1 aliphatic heterocycles. The molecule has 1 atom stereocenters. The summed E-state index contributed by atoms with van der Waals surface area (Å²) in [5, 5.41) is 0. The minimum atomic E-state index is 0.519. The van der Waals surface area contributed by atoms with Crippen LogP contribution in [0.15, 0.2) is 24.3 Å². The highest BCUT2D eigenvalue weighted by Crippen LogP contribution is 2.44. The van der Waals surface area contributed by atoms with E-state index in [-0.39, 0.29) is 0 Å². The molecule has 18 heavy (non-hydrogen) atoms. The van der Waals surface area contributed by atoms with Crippen LogP contribution in [-0.2, 0) is 11.8 Å². The van der Waals surface area contributed by atoms with E-state index in [0.29, 0.717) is 5.41 Å². The minimum absolute atomic E-state index is 0.519. The monoisotopic (exact) mass is 247 g/mol. The largest absolute Gasteiger partial charge is 0.305 e. The molecule has 0 bridgehead atoms. The molecule has 1 heterocycles. The van der Waals surface area contributed by atoms with Crippen molar-refractivity contribution in [3.8, 4) is 0 Å². The number of aryl methyl sites for hydroxylation is 1. The lowest BCUT2D eigenvalue weighted by molar-refractivity contribution is 0.366. The summed E-state index contributed by atoms with van der Waals surface area (Å²) in [6.45, 7) is 10.5. The van der Waals surface area contributed by atoms with Gasteiger partial charge in [0.2, 0.25) is 0 Å². The van der Waals surface area contributed by atoms with Gasteiger partial charge < -0.3 is 4.90 Å². The molecule has 1 aromatic rings. The van der Waals surface area contributed by atoms with E-state index in [9.17, 15) is 0 Å². The van der Waals surface area contributed by atoms with Crippen LogP contribution in [0.2, 0.25) is 0 Å². The van der Waals surface area contributed by atoms with Crippen molar-refractivity contribution >= 4 is 0 Å². The van der Waals surface area contributed by atoms with Gasteiger partial charge in [0.05, 0.1) is 0 Å². The quantitative estimate of drug-likeness (QED) is 0.662. The second kappa shape index (κ2) is 6.94. The Bertz CT molecular complexity index is 354. The van der Waals surface area contributed by atoms with Crippen molar-refractivity contribution in [3.63, 3.8) is 0 Å². The number of likely N-dealkylation sites (tertiary alicyclic amines) is 1. The third-order valence-corrected chi connectivity index (χ3v) is 4.01. The van der Waals surface area contributed by atoms with Gasteiger partial charge in [-0.25, -0.2) is 0 Å². The summed E-state index contributed by atoms with van der Waals surface area (Å²) in [5.74, 6) is 0. The molecule has 1 nitrogen and oxygen atoms in total. The zero-order valence-electron chi connectivity index (χ0n) is 12.8. The third-order valence-electron chi connectivity index (χ3n) is 4.01. The van der Waals surface area contributed by atoms with Crippen LogP contribution >= 0.6 is 0 Å². The van der Waals surface area contributed by atoms with Crippen molar-refractivity contribution in [3.05, 3.63) is 35.4 Å². The Labute approximate surface area is 113 Å². The number of nitrogens with zero attached hydrogens (tertiary/aromatic N) is 1. The molecule has 1 spiro atoms. The molecular formula is C17H29N. The molecule has 0 radical (unpaired) electrons. The maximum atomic E-state index is 2.47. The summed E-state index contributed by atoms with van der Waals surface area (Å²) in [7, 11) is 2.25. The Balaban J connectivity index is 0.000000371. The standard InChI is InChI=1S/C13H17N.2C2H6/c1-14-9-8-13(10-14)7-6-11-4-2-3-5-12(11)13;2*1-2/h2-5H,6-10H2,1H3;2*1-2H3. The number of hydrogen-bond acceptors (Lipinski definition) is 1. The van der Waals surface area contributed by atoms with Crippen molar-refractivity contribution in [2.45, 2.75) is 52.4 Å². The van der Waals surface area contributed by atoms with Crippen LogP contribution in [-0.4, -0.2) is 25.0 Å². The van der Waals surface area contributed by atoms with Gasteiger partial charge in [-0.2, -0.15) is 0 Å². The van der Waals surface area contributed by atoms with Crippen LogP contribution in [0.25, 0.3) is 0 Å². The fraction of sp³-hybridized carbons (Fsp3) is 0.647. The highest BCUT2D eigenvalue weighted by molar-refractivity contribution is 5.40. The van der Waals surface area contributed by atoms with Crippen LogP contribution in [0.5, 0.6) is 0 Å². The lowest BCUT2D eigenvalue weighted by Gasteiger charge is -2.24. The summed E-state index contributed by atoms with van der Waals surface area (Å²) in [6.07, 6.45) is 4.03. The minimum Gasteiger partial charge on any atom is -0.305 e. The van der Waals surface area contributed by atoms with Crippen LogP contribution in [0.1, 0.15) is 51.7 Å². The molecule has 2 aliphatic rings. The molecule has 1 fully saturated rings. The van der Waals surface area contributed by atoms with E-state index in [0.717, 1.165) is 0 Å². The molecule has 0 N–H and O–H groups in total. The van der Waals surface area contributed by atoms with Crippen LogP contribution in [0.4, 0.5) is 0 Å². The summed E-state index contributed by atoms with van der Waals surface area (Å²) < 4.78 is 0. The van der Waals surface area contributed by atoms with Crippen LogP contribution in [0.3, 0.4) is 0 Å². The van der Waals surface area contributed by atoms with Gasteiger partial charge in [-0.15, -0.1) is 0 Å². The number of benzene rings is 1. The highest BCUT2D eigenvalue weighted by atomic mass is 15.1. The lowest BCUT2D eigenvalue weighted by atomic mass is 9.81. The first-order valence-corrected chi connectivity index (χ1v) is 7.57. The molecule has 0 aromatic heterocycles. The summed E-state index contributed by atoms with van der Waals surface area (Å²) in [5.41, 5.74) is 3.76. The molecule has 3 rings (SSSR count). The highest BCUT2D eigenvalue weighted by Gasteiger charge is 2.42. The van der Waals surface area contributed by atoms with E-state index < -0.39 is 0 Å². The Morgan fingerprint density at radius 3 is 2.28 bits per heavy atom. The van der Waals surface area contributed by atoms with Crippen molar-refractivity contribution in [2.75, 3.05) is 20.1 Å². The number of fused-ring (bicyclic) bond motifs is 2. The molecule has 1 aliphatic carbocycles. The second-order valence-electron chi connectivity index (χ2n) is 4.93. The average molecular weight is 247 g/mol. The fourth-order valence-corrected chi connectivity index (χ4v) is 3.27. The van der Waals surface area contributed by atoms with E-state index in [1.807, 2.05) is 27.7 Å². The Kier molecular flexibility index (Phi) is 5.87. The van der Waals surface area contributed by atoms with Gasteiger partial charge in [0.15, 0.2) is 0 Å². The molecule has 0 amide bonds. The van der Waals surface area contributed by atoms with Crippen LogP contribution in [0, 0.1) is 0 Å². The Morgan fingerprint density at radius 1 is 1.00 bits per heavy atom. The van der Waals surface area contributed by atoms with Crippen molar-refractivity contribution in [2.24, 2.45) is 0 Å². The molecule has 1 unspecified atom stereocenters. The first kappa shape index (κ1) is 15.2. The Hall–Kier alpha value is -0.820. The molecule has 0 saturated carbocycles. The van der Waals surface area contributed by atoms with E-state index in [1.54, 1.807) is 11.1 Å². The number of hydrogen-bond donors (Lipinski definition) is 0. The molecule has 1 aromatic carbocycles. The van der Waals surface area contributed by atoms with E-state index >= 15 is 0 Å². The summed E-state index contributed by atoms with van der Waals surface area (Å²) in [6, 6.07) is 9.03. The van der Waals surface area contributed by atoms with Gasteiger partial charge in [0, 0.05) is 12.0 Å². The van der Waals surface area contributed by atoms with Gasteiger partial charge in [-0.3, -0.25) is 0 Å². The molecular weight excluding hydrogens is 218 g/mol. The predicted octanol–water partition coefficient (Wildman–Crippen LogP) is 4.26. The van der Waals surface area contributed by atoms with E-state index in [2.05, 4.69) is 36.2 Å². The topological polar surface area (TPSA) is 3.24 Å². The van der Waals surface area contributed by atoms with Crippen molar-refractivity contribution in [1.82, 2.24) is 4.90 Å². The summed E-state index contributed by atoms with van der Waals surface area (Å²) in [4.78, 5) is 2.47. The normalized spacial score (nSPS) is 24.9. The van der Waals surface area contributed by atoms with Gasteiger partial charge in [0.25, 0.3) is 0 Å². The first-order chi connectivity index (χ1) is 8.80.